The van der Waals surface area contributed by atoms with Gasteiger partial charge in [0.1, 0.15) is 10.8 Å². The minimum Gasteiger partial charge on any atom is -0.481 e. The van der Waals surface area contributed by atoms with Gasteiger partial charge in [-0.3, -0.25) is 42.7 Å². The number of benzene rings is 4. The van der Waals surface area contributed by atoms with Crippen molar-refractivity contribution < 1.29 is 143 Å². The molecule has 7 N–H and O–H groups in total. The van der Waals surface area contributed by atoms with E-state index < -0.39 is 139 Å². The SMILES string of the molecule is CCCCN1C(=CC=C2C=C(C=Cc3oc4ccccc4[n+]3CCC)CC(C(=O)NCCCCCC(=O)O)(C(=O)NCCS(=O)(=O)O)C2)C(C)(C)c2ccccc21.CCCCN1C(=CC=C2C=C(C=Cc3oc4ccccc4[n+]3CCC)CC(C(=O)NCCCCCC(=O)ON3C(=O)CCC3=O)(C(=O)NCCS(=O)(=O)O)C2)C(C)(C)c2ccccc21.O=S(=O)=O.O=S(=O)=O.O=S(=O)=O.O=S(=O)=O. The number of fused-ring (bicyclic) bond motifs is 4. The molecular weight excluding hydrogens is 1900 g/mol. The Morgan fingerprint density at radius 3 is 1.14 bits per heavy atom. The fourth-order valence-corrected chi connectivity index (χ4v) is 17.2. The Bertz CT molecular complexity index is 6240. The van der Waals surface area contributed by atoms with Crippen LogP contribution >= 0.6 is 0 Å². The van der Waals surface area contributed by atoms with Gasteiger partial charge in [-0.1, -0.05) is 166 Å². The first-order valence-electron chi connectivity index (χ1n) is 44.3. The molecule has 0 bridgehead atoms. The van der Waals surface area contributed by atoms with E-state index in [0.717, 1.165) is 103 Å². The quantitative estimate of drug-likeness (QED) is 0.00620. The van der Waals surface area contributed by atoms with E-state index in [2.05, 4.69) is 138 Å². The third-order valence-corrected chi connectivity index (χ3v) is 24.2. The molecule has 5 aliphatic rings. The predicted octanol–water partition coefficient (Wildman–Crippen LogP) is 9.55. The van der Waals surface area contributed by atoms with Crippen molar-refractivity contribution in [3.8, 4) is 0 Å². The maximum absolute atomic E-state index is 14.6. The summed E-state index contributed by atoms with van der Waals surface area (Å²) in [5, 5.41) is 20.7. The molecule has 2 aromatic heterocycles. The second kappa shape index (κ2) is 53.9. The van der Waals surface area contributed by atoms with Crippen LogP contribution in [0.15, 0.2) is 188 Å². The average Bonchev–Trinajstić information content (AvgIpc) is 1.06. The van der Waals surface area contributed by atoms with Gasteiger partial charge in [0.25, 0.3) is 43.1 Å². The van der Waals surface area contributed by atoms with Crippen LogP contribution in [0.2, 0.25) is 0 Å². The molecule has 137 heavy (non-hydrogen) atoms. The molecule has 39 nitrogen and oxygen atoms in total. The number of carboxylic acid groups (broad SMARTS) is 1. The highest BCUT2D eigenvalue weighted by atomic mass is 32.2. The molecule has 11 rings (SSSR count). The average molecular weight is 2020 g/mol. The summed E-state index contributed by atoms with van der Waals surface area (Å²) in [5.41, 5.74) is 8.90. The van der Waals surface area contributed by atoms with Gasteiger partial charge in [-0.05, 0) is 146 Å². The second-order valence-corrected chi connectivity index (χ2v) is 38.2. The van der Waals surface area contributed by atoms with Crippen molar-refractivity contribution in [1.82, 2.24) is 26.3 Å². The fraction of sp³-hybridized carbons (Fsp3) is 0.457. The molecule has 6 amide bonds. The molecule has 0 radical (unpaired) electrons. The number of allylic oxidation sites excluding steroid dienone is 14. The molecule has 2 unspecified atom stereocenters. The van der Waals surface area contributed by atoms with Crippen molar-refractivity contribution in [2.75, 3.05) is 60.6 Å². The molecule has 0 spiro atoms. The Labute approximate surface area is 801 Å². The van der Waals surface area contributed by atoms with Crippen molar-refractivity contribution in [2.24, 2.45) is 10.8 Å². The number of nitrogens with one attached hydrogen (secondary N) is 4. The number of unbranched alkanes of at least 4 members (excludes halogenated alkanes) is 6. The van der Waals surface area contributed by atoms with Gasteiger partial charge in [-0.2, -0.15) is 26.0 Å². The molecular formula is C92H117N9O30S6+2. The Kier molecular flexibility index (Phi) is 44.6. The van der Waals surface area contributed by atoms with Crippen LogP contribution < -0.4 is 40.2 Å². The summed E-state index contributed by atoms with van der Waals surface area (Å²) < 4.78 is 184. The number of anilines is 2. The number of hydrogen-bond acceptors (Lipinski definition) is 29. The Hall–Kier alpha value is -12.4. The largest absolute Gasteiger partial charge is 0.481 e. The number of hydroxylamine groups is 2. The molecule has 4 aromatic carbocycles. The smallest absolute Gasteiger partial charge is 0.425 e. The zero-order valence-electron chi connectivity index (χ0n) is 77.3. The third-order valence-electron chi connectivity index (χ3n) is 22.7. The normalized spacial score (nSPS) is 18.0. The van der Waals surface area contributed by atoms with E-state index >= 15 is 0 Å². The summed E-state index contributed by atoms with van der Waals surface area (Å²) in [6.07, 6.45) is 28.0. The first-order valence-corrected chi connectivity index (χ1v) is 51.5. The van der Waals surface area contributed by atoms with E-state index in [-0.39, 0.29) is 81.8 Å². The van der Waals surface area contributed by atoms with Gasteiger partial charge in [0.2, 0.25) is 34.8 Å². The lowest BCUT2D eigenvalue weighted by atomic mass is 9.70. The number of aryl methyl sites for hydroxylation is 2. The molecule has 2 aliphatic carbocycles. The number of aliphatic carboxylic acids is 1. The van der Waals surface area contributed by atoms with E-state index in [1.807, 2.05) is 115 Å². The van der Waals surface area contributed by atoms with Gasteiger partial charge in [0, 0.05) is 124 Å². The van der Waals surface area contributed by atoms with Crippen LogP contribution in [0.25, 0.3) is 34.4 Å². The van der Waals surface area contributed by atoms with Crippen LogP contribution in [0, 0.1) is 10.8 Å². The molecule has 3 aliphatic heterocycles. The Balaban J connectivity index is 0.000000365. The molecule has 2 atom stereocenters. The number of imide groups is 1. The van der Waals surface area contributed by atoms with E-state index in [1.54, 1.807) is 0 Å². The Morgan fingerprint density at radius 1 is 0.445 bits per heavy atom. The van der Waals surface area contributed by atoms with Crippen molar-refractivity contribution in [1.29, 1.82) is 0 Å². The number of aromatic nitrogens is 2. The fourth-order valence-electron chi connectivity index (χ4n) is 16.5. The first-order chi connectivity index (χ1) is 64.7. The number of hydrogen-bond donors (Lipinski definition) is 7. The van der Waals surface area contributed by atoms with E-state index in [0.29, 0.717) is 84.2 Å². The lowest BCUT2D eigenvalue weighted by molar-refractivity contribution is -0.678. The van der Waals surface area contributed by atoms with Gasteiger partial charge in [0.15, 0.2) is 13.1 Å². The molecule has 1 saturated heterocycles. The highest BCUT2D eigenvalue weighted by molar-refractivity contribution is 7.86. The third kappa shape index (κ3) is 34.4. The molecule has 6 aromatic rings. The Morgan fingerprint density at radius 2 is 0.788 bits per heavy atom. The first kappa shape index (κ1) is 113. The summed E-state index contributed by atoms with van der Waals surface area (Å²) in [5.74, 6) is -5.38. The summed E-state index contributed by atoms with van der Waals surface area (Å²) in [7, 11) is -21.2. The number of amides is 6. The minimum atomic E-state index is -4.42. The second-order valence-electron chi connectivity index (χ2n) is 33.4. The topological polar surface area (TPSA) is 571 Å². The predicted molar refractivity (Wildman–Crippen MR) is 502 cm³/mol. The summed E-state index contributed by atoms with van der Waals surface area (Å²) in [4.78, 5) is 114. The molecule has 5 heterocycles. The number of nitrogens with zero attached hydrogens (tertiary/aromatic N) is 5. The molecule has 1 fully saturated rings. The zero-order valence-corrected chi connectivity index (χ0v) is 82.2. The van der Waals surface area contributed by atoms with Crippen LogP contribution in [0.1, 0.15) is 207 Å². The van der Waals surface area contributed by atoms with Crippen LogP contribution in [0.3, 0.4) is 0 Å². The van der Waals surface area contributed by atoms with Gasteiger partial charge in [-0.25, -0.2) is 4.79 Å². The highest BCUT2D eigenvalue weighted by Crippen LogP contribution is 2.51. The molecule has 45 heteroatoms. The zero-order chi connectivity index (χ0) is 102. The van der Waals surface area contributed by atoms with Gasteiger partial charge in [0.05, 0.1) is 23.7 Å². The standard InChI is InChI=1S/C48H59N5O10S.C44H56N4O8S.4O3S/c1-5-7-29-51-37-16-11-10-15-36(37)47(3,4)40(51)22-20-34-31-35(21-25-43-52(28-6-2)38-17-12-13-18-39(38)62-43)33-48(32-34,46(58)50-27-30-64(59,60)61)45(57)49-26-14-8-9-19-44(56)63-53-41(54)23-24-42(53)55;1-5-7-27-47-35-16-11-10-15-34(35)43(3,4)38(47)22-20-32-29-33(21-23-39-48(26-6-2)36-17-12-13-18-37(36)56-39)31-44(30-32,42(52)46-25-28-57(53,54)55)41(51)45-24-14-8-9-19-40(49)50;4*1-4(2)3/h10-13,15-18,20-22,25,31H,5-9,14,19,23-24,26-30,32-33H2,1-4H3,(H2-,49,50,57,58,59,60,61);10-13,15-18,20-23,29H,5-9,14,19,24-28,30-31H2,1-4H3,(H3-,45,46,49,50,51,52,53,54,55);;;;/p+2. The van der Waals surface area contributed by atoms with Gasteiger partial charge >= 0.3 is 66.2 Å². The maximum Gasteiger partial charge on any atom is 0.425 e. The van der Waals surface area contributed by atoms with E-state index in [4.69, 9.17) is 69.3 Å². The summed E-state index contributed by atoms with van der Waals surface area (Å²) >= 11 is 0. The number of rotatable bonds is 39. The van der Waals surface area contributed by atoms with E-state index in [9.17, 15) is 64.3 Å². The number of carboxylic acids is 1. The number of carbonyl (C=O) groups excluding carboxylic acids is 7. The lowest BCUT2D eigenvalue weighted by Gasteiger charge is -2.35. The highest BCUT2D eigenvalue weighted by Gasteiger charge is 2.51. The van der Waals surface area contributed by atoms with Crippen molar-refractivity contribution in [2.45, 2.75) is 208 Å². The van der Waals surface area contributed by atoms with Gasteiger partial charge < -0.3 is 49.8 Å². The van der Waals surface area contributed by atoms with Gasteiger partial charge in [-0.15, -0.1) is 55.6 Å². The number of para-hydroxylation sites is 6. The number of carbonyl (C=O) groups is 8. The summed E-state index contributed by atoms with van der Waals surface area (Å²) in [6.45, 7) is 19.9. The maximum atomic E-state index is 14.6. The van der Waals surface area contributed by atoms with Crippen molar-refractivity contribution >= 4 is 156 Å². The lowest BCUT2D eigenvalue weighted by Crippen LogP contribution is -2.53. The van der Waals surface area contributed by atoms with Crippen molar-refractivity contribution in [3.63, 3.8) is 0 Å². The molecule has 744 valence electrons. The van der Waals surface area contributed by atoms with Crippen LogP contribution in [0.5, 0.6) is 0 Å². The summed E-state index contributed by atoms with van der Waals surface area (Å²) in [6, 6.07) is 32.3. The van der Waals surface area contributed by atoms with E-state index in [1.165, 1.54) is 11.1 Å². The van der Waals surface area contributed by atoms with Crippen LogP contribution in [-0.2, 0) is 130 Å². The number of oxazole rings is 2. The van der Waals surface area contributed by atoms with Crippen LogP contribution in [-0.4, -0.2) is 185 Å². The van der Waals surface area contributed by atoms with Crippen LogP contribution in [0.4, 0.5) is 11.4 Å². The molecule has 0 saturated carbocycles. The minimum absolute atomic E-state index is 0.000668. The monoisotopic (exact) mass is 2020 g/mol. The van der Waals surface area contributed by atoms with Crippen molar-refractivity contribution in [3.05, 3.63) is 202 Å².